The fraction of sp³-hybridized carbons (Fsp3) is 0.0508. The Morgan fingerprint density at radius 1 is 0.311 bits per heavy atom. The molecule has 2 aromatic heterocycles. The summed E-state index contributed by atoms with van der Waals surface area (Å²) in [5.74, 6) is 0. The Balaban J connectivity index is 1.04. The SMILES string of the molecule is CC1(C)c2cc3c(cc2-n2c1c(-c1ccc(-c4ccccc4)cc1)c1ccccc12)c1ccccc1n3-c1cccc(-c2cc(-c3ccccc3)cc(-c3ccccc3)c2)c1. The van der Waals surface area contributed by atoms with Gasteiger partial charge in [0, 0.05) is 38.5 Å². The fourth-order valence-electron chi connectivity index (χ4n) is 10.1. The molecule has 0 atom stereocenters. The number of hydrogen-bond donors (Lipinski definition) is 0. The molecular formula is C59H42N2. The molecule has 3 heterocycles. The molecule has 0 amide bonds. The molecule has 288 valence electrons. The molecule has 0 saturated carbocycles. The topological polar surface area (TPSA) is 9.86 Å². The van der Waals surface area contributed by atoms with E-state index in [4.69, 9.17) is 0 Å². The van der Waals surface area contributed by atoms with Crippen molar-refractivity contribution in [1.29, 1.82) is 0 Å². The van der Waals surface area contributed by atoms with Gasteiger partial charge in [0.25, 0.3) is 0 Å². The molecule has 0 radical (unpaired) electrons. The molecule has 0 unspecified atom stereocenters. The first-order valence-corrected chi connectivity index (χ1v) is 21.3. The summed E-state index contributed by atoms with van der Waals surface area (Å²) in [5.41, 5.74) is 20.7. The minimum Gasteiger partial charge on any atom is -0.312 e. The Labute approximate surface area is 356 Å². The second-order valence-corrected chi connectivity index (χ2v) is 17.0. The summed E-state index contributed by atoms with van der Waals surface area (Å²) in [5, 5.41) is 3.80. The van der Waals surface area contributed by atoms with E-state index in [9.17, 15) is 0 Å². The van der Waals surface area contributed by atoms with Crippen LogP contribution in [0.25, 0.3) is 99.7 Å². The van der Waals surface area contributed by atoms with Crippen LogP contribution in [0.4, 0.5) is 0 Å². The third-order valence-corrected chi connectivity index (χ3v) is 13.0. The summed E-state index contributed by atoms with van der Waals surface area (Å²) in [6.07, 6.45) is 0. The third-order valence-electron chi connectivity index (χ3n) is 13.0. The van der Waals surface area contributed by atoms with E-state index >= 15 is 0 Å². The lowest BCUT2D eigenvalue weighted by Crippen LogP contribution is -2.16. The van der Waals surface area contributed by atoms with Crippen LogP contribution in [-0.4, -0.2) is 9.13 Å². The fourth-order valence-corrected chi connectivity index (χ4v) is 10.1. The standard InChI is InChI=1S/C59H42N2/c1-59(2)52-38-55-51(37-56(52)61-54-28-15-13-26-50(54)57(58(59)61)43-31-29-42(30-32-43)39-17-6-3-7-18-39)49-25-12-14-27-53(49)60(55)48-24-16-23-44(36-48)47-34-45(40-19-8-4-9-20-40)33-46(35-47)41-21-10-5-11-22-41/h3-38H,1-2H3. The van der Waals surface area contributed by atoms with E-state index < -0.39 is 0 Å². The van der Waals surface area contributed by atoms with Crippen LogP contribution < -0.4 is 0 Å². The van der Waals surface area contributed by atoms with E-state index in [1.54, 1.807) is 0 Å². The quantitative estimate of drug-likeness (QED) is 0.159. The highest BCUT2D eigenvalue weighted by Crippen LogP contribution is 2.53. The van der Waals surface area contributed by atoms with Crippen molar-refractivity contribution in [1.82, 2.24) is 9.13 Å². The van der Waals surface area contributed by atoms with Crippen molar-refractivity contribution in [3.05, 3.63) is 230 Å². The molecule has 0 spiro atoms. The van der Waals surface area contributed by atoms with E-state index in [-0.39, 0.29) is 5.41 Å². The Bertz CT molecular complexity index is 3400. The van der Waals surface area contributed by atoms with Crippen molar-refractivity contribution in [3.8, 4) is 67.0 Å². The summed E-state index contributed by atoms with van der Waals surface area (Å²) in [4.78, 5) is 0. The molecule has 0 fully saturated rings. The summed E-state index contributed by atoms with van der Waals surface area (Å²) in [6, 6.07) is 80.2. The lowest BCUT2D eigenvalue weighted by atomic mass is 9.79. The zero-order valence-corrected chi connectivity index (χ0v) is 34.2. The first-order valence-electron chi connectivity index (χ1n) is 21.3. The van der Waals surface area contributed by atoms with Gasteiger partial charge in [-0.05, 0) is 110 Å². The van der Waals surface area contributed by atoms with E-state index in [2.05, 4.69) is 241 Å². The zero-order chi connectivity index (χ0) is 40.7. The third kappa shape index (κ3) is 5.56. The van der Waals surface area contributed by atoms with Crippen molar-refractivity contribution in [2.45, 2.75) is 19.3 Å². The summed E-state index contributed by atoms with van der Waals surface area (Å²) < 4.78 is 5.04. The van der Waals surface area contributed by atoms with Crippen molar-refractivity contribution in [3.63, 3.8) is 0 Å². The first kappa shape index (κ1) is 35.3. The highest BCUT2D eigenvalue weighted by atomic mass is 15.1. The van der Waals surface area contributed by atoms with E-state index in [1.807, 2.05) is 0 Å². The van der Waals surface area contributed by atoms with Crippen LogP contribution in [0.2, 0.25) is 0 Å². The lowest BCUT2D eigenvalue weighted by molar-refractivity contribution is 0.647. The lowest BCUT2D eigenvalue weighted by Gasteiger charge is -2.22. The van der Waals surface area contributed by atoms with Gasteiger partial charge in [-0.1, -0.05) is 178 Å². The van der Waals surface area contributed by atoms with E-state index in [0.717, 1.165) is 5.69 Å². The predicted molar refractivity (Wildman–Crippen MR) is 257 cm³/mol. The Hall–Kier alpha value is -7.68. The van der Waals surface area contributed by atoms with Crippen molar-refractivity contribution < 1.29 is 0 Å². The Morgan fingerprint density at radius 2 is 0.787 bits per heavy atom. The second-order valence-electron chi connectivity index (χ2n) is 17.0. The van der Waals surface area contributed by atoms with Crippen LogP contribution in [0, 0.1) is 0 Å². The van der Waals surface area contributed by atoms with Crippen LogP contribution in [0.1, 0.15) is 25.1 Å². The van der Waals surface area contributed by atoms with Crippen LogP contribution >= 0.6 is 0 Å². The molecule has 61 heavy (non-hydrogen) atoms. The van der Waals surface area contributed by atoms with Gasteiger partial charge in [-0.15, -0.1) is 0 Å². The number of rotatable bonds is 6. The summed E-state index contributed by atoms with van der Waals surface area (Å²) >= 11 is 0. The molecule has 0 N–H and O–H groups in total. The van der Waals surface area contributed by atoms with Crippen LogP contribution in [0.5, 0.6) is 0 Å². The van der Waals surface area contributed by atoms with Gasteiger partial charge in [0.1, 0.15) is 0 Å². The molecule has 2 heteroatoms. The minimum absolute atomic E-state index is 0.273. The molecule has 0 saturated heterocycles. The van der Waals surface area contributed by atoms with E-state index in [0.29, 0.717) is 0 Å². The molecule has 1 aliphatic heterocycles. The van der Waals surface area contributed by atoms with Gasteiger partial charge >= 0.3 is 0 Å². The Morgan fingerprint density at radius 3 is 1.41 bits per heavy atom. The van der Waals surface area contributed by atoms with Gasteiger partial charge in [0.2, 0.25) is 0 Å². The maximum atomic E-state index is 2.56. The largest absolute Gasteiger partial charge is 0.312 e. The average Bonchev–Trinajstić information content (AvgIpc) is 3.93. The molecule has 9 aromatic carbocycles. The highest BCUT2D eigenvalue weighted by molar-refractivity contribution is 6.11. The van der Waals surface area contributed by atoms with Crippen LogP contribution in [-0.2, 0) is 5.41 Å². The number of nitrogens with zero attached hydrogens (tertiary/aromatic N) is 2. The number of aromatic nitrogens is 2. The van der Waals surface area contributed by atoms with Gasteiger partial charge in [-0.3, -0.25) is 0 Å². The molecular weight excluding hydrogens is 737 g/mol. The zero-order valence-electron chi connectivity index (χ0n) is 34.2. The van der Waals surface area contributed by atoms with Crippen molar-refractivity contribution >= 4 is 32.7 Å². The maximum absolute atomic E-state index is 2.56. The molecule has 2 nitrogen and oxygen atoms in total. The highest BCUT2D eigenvalue weighted by Gasteiger charge is 2.41. The summed E-state index contributed by atoms with van der Waals surface area (Å²) in [6.45, 7) is 4.82. The molecule has 12 rings (SSSR count). The van der Waals surface area contributed by atoms with Gasteiger partial charge in [0.05, 0.1) is 22.2 Å². The van der Waals surface area contributed by atoms with Gasteiger partial charge < -0.3 is 9.13 Å². The normalized spacial score (nSPS) is 12.9. The summed E-state index contributed by atoms with van der Waals surface area (Å²) in [7, 11) is 0. The van der Waals surface area contributed by atoms with Gasteiger partial charge in [-0.25, -0.2) is 0 Å². The number of benzene rings is 9. The number of hydrogen-bond acceptors (Lipinski definition) is 0. The molecule has 11 aromatic rings. The molecule has 1 aliphatic rings. The molecule has 0 bridgehead atoms. The monoisotopic (exact) mass is 778 g/mol. The smallest absolute Gasteiger partial charge is 0.0545 e. The average molecular weight is 779 g/mol. The van der Waals surface area contributed by atoms with Gasteiger partial charge in [0.15, 0.2) is 0 Å². The van der Waals surface area contributed by atoms with Crippen LogP contribution in [0.15, 0.2) is 218 Å². The van der Waals surface area contributed by atoms with Crippen molar-refractivity contribution in [2.24, 2.45) is 0 Å². The second kappa shape index (κ2) is 13.7. The van der Waals surface area contributed by atoms with Crippen molar-refractivity contribution in [2.75, 3.05) is 0 Å². The number of fused-ring (bicyclic) bond motifs is 8. The maximum Gasteiger partial charge on any atom is 0.0545 e. The van der Waals surface area contributed by atoms with Crippen LogP contribution in [0.3, 0.4) is 0 Å². The predicted octanol–water partition coefficient (Wildman–Crippen LogP) is 15.7. The van der Waals surface area contributed by atoms with E-state index in [1.165, 1.54) is 105 Å². The van der Waals surface area contributed by atoms with Gasteiger partial charge in [-0.2, -0.15) is 0 Å². The number of para-hydroxylation sites is 2. The minimum atomic E-state index is -0.273. The Kier molecular flexibility index (Phi) is 7.92. The first-order chi connectivity index (χ1) is 30.0. The molecule has 0 aliphatic carbocycles.